The van der Waals surface area contributed by atoms with Crippen LogP contribution in [0.2, 0.25) is 0 Å². The molecule has 0 bridgehead atoms. The summed E-state index contributed by atoms with van der Waals surface area (Å²) in [6, 6.07) is 10.0. The molecule has 1 unspecified atom stereocenters. The molecule has 3 aromatic rings. The van der Waals surface area contributed by atoms with Crippen molar-refractivity contribution in [3.05, 3.63) is 71.8 Å². The molecule has 3 rings (SSSR count). The van der Waals surface area contributed by atoms with Crippen molar-refractivity contribution >= 4 is 10.8 Å². The lowest BCUT2D eigenvalue weighted by Crippen LogP contribution is -2.15. The highest BCUT2D eigenvalue weighted by atomic mass is 14.7. The summed E-state index contributed by atoms with van der Waals surface area (Å²) in [5, 5.41) is 2.28. The zero-order chi connectivity index (χ0) is 13.9. The molecule has 0 spiro atoms. The number of hydrogen-bond acceptors (Lipinski definition) is 3. The van der Waals surface area contributed by atoms with Gasteiger partial charge in [0.1, 0.15) is 0 Å². The Morgan fingerprint density at radius 1 is 1.00 bits per heavy atom. The average Bonchev–Trinajstić information content (AvgIpc) is 2.53. The highest BCUT2D eigenvalue weighted by molar-refractivity contribution is 5.85. The molecule has 0 aliphatic carbocycles. The first kappa shape index (κ1) is 12.8. The second-order valence-corrected chi connectivity index (χ2v) is 4.86. The number of aromatic nitrogens is 2. The van der Waals surface area contributed by atoms with Gasteiger partial charge >= 0.3 is 0 Å². The van der Waals surface area contributed by atoms with E-state index in [1.807, 2.05) is 36.8 Å². The Morgan fingerprint density at radius 3 is 2.70 bits per heavy atom. The number of benzene rings is 1. The van der Waals surface area contributed by atoms with Crippen molar-refractivity contribution in [3.63, 3.8) is 0 Å². The standard InChI is InChI=1S/C17H17N3/c1-2-12-9-19-8-7-15(12)17(18)16-11-20-10-13-5-3-4-6-14(13)16/h3-11,17H,2,18H2,1H3. The Bertz CT molecular complexity index is 732. The van der Waals surface area contributed by atoms with Gasteiger partial charge in [0.15, 0.2) is 0 Å². The van der Waals surface area contributed by atoms with Crippen molar-refractivity contribution in [2.24, 2.45) is 5.73 Å². The van der Waals surface area contributed by atoms with E-state index in [1.165, 1.54) is 5.56 Å². The van der Waals surface area contributed by atoms with Gasteiger partial charge in [-0.15, -0.1) is 0 Å². The molecule has 1 atom stereocenters. The van der Waals surface area contributed by atoms with Crippen LogP contribution in [0, 0.1) is 0 Å². The molecular formula is C17H17N3. The van der Waals surface area contributed by atoms with Gasteiger partial charge in [0, 0.05) is 30.2 Å². The summed E-state index contributed by atoms with van der Waals surface area (Å²) in [7, 11) is 0. The molecule has 0 amide bonds. The first-order chi connectivity index (χ1) is 9.81. The normalized spacial score (nSPS) is 12.5. The minimum Gasteiger partial charge on any atom is -0.320 e. The maximum Gasteiger partial charge on any atom is 0.0576 e. The number of rotatable bonds is 3. The summed E-state index contributed by atoms with van der Waals surface area (Å²) in [6.45, 7) is 2.12. The maximum absolute atomic E-state index is 6.49. The van der Waals surface area contributed by atoms with Gasteiger partial charge < -0.3 is 5.73 Å². The van der Waals surface area contributed by atoms with E-state index >= 15 is 0 Å². The third-order valence-electron chi connectivity index (χ3n) is 3.69. The van der Waals surface area contributed by atoms with E-state index < -0.39 is 0 Å². The number of hydrogen-bond donors (Lipinski definition) is 1. The van der Waals surface area contributed by atoms with Gasteiger partial charge in [0.05, 0.1) is 6.04 Å². The van der Waals surface area contributed by atoms with Crippen molar-refractivity contribution in [1.29, 1.82) is 0 Å². The van der Waals surface area contributed by atoms with E-state index in [-0.39, 0.29) is 6.04 Å². The highest BCUT2D eigenvalue weighted by Gasteiger charge is 2.15. The first-order valence-electron chi connectivity index (χ1n) is 6.82. The van der Waals surface area contributed by atoms with Crippen molar-refractivity contribution in [2.45, 2.75) is 19.4 Å². The van der Waals surface area contributed by atoms with Gasteiger partial charge in [0.2, 0.25) is 0 Å². The molecule has 0 aliphatic heterocycles. The summed E-state index contributed by atoms with van der Waals surface area (Å²) in [5.41, 5.74) is 9.86. The monoisotopic (exact) mass is 263 g/mol. The van der Waals surface area contributed by atoms with E-state index in [1.54, 1.807) is 6.20 Å². The zero-order valence-electron chi connectivity index (χ0n) is 11.5. The molecule has 20 heavy (non-hydrogen) atoms. The van der Waals surface area contributed by atoms with Gasteiger partial charge in [-0.1, -0.05) is 31.2 Å². The zero-order valence-corrected chi connectivity index (χ0v) is 11.5. The van der Waals surface area contributed by atoms with Crippen LogP contribution in [-0.2, 0) is 6.42 Å². The van der Waals surface area contributed by atoms with Gasteiger partial charge in [-0.2, -0.15) is 0 Å². The fourth-order valence-electron chi connectivity index (χ4n) is 2.59. The Hall–Kier alpha value is -2.26. The predicted octanol–water partition coefficient (Wildman–Crippen LogP) is 3.24. The molecule has 2 aromatic heterocycles. The number of fused-ring (bicyclic) bond motifs is 1. The molecule has 0 saturated carbocycles. The Kier molecular flexibility index (Phi) is 3.44. The van der Waals surface area contributed by atoms with E-state index in [9.17, 15) is 0 Å². The third-order valence-corrected chi connectivity index (χ3v) is 3.69. The Balaban J connectivity index is 2.15. The van der Waals surface area contributed by atoms with Crippen LogP contribution in [-0.4, -0.2) is 9.97 Å². The summed E-state index contributed by atoms with van der Waals surface area (Å²) >= 11 is 0. The lowest BCUT2D eigenvalue weighted by Gasteiger charge is -2.17. The molecule has 2 N–H and O–H groups in total. The fraction of sp³-hybridized carbons (Fsp3) is 0.176. The van der Waals surface area contributed by atoms with Crippen molar-refractivity contribution in [1.82, 2.24) is 9.97 Å². The maximum atomic E-state index is 6.49. The first-order valence-corrected chi connectivity index (χ1v) is 6.82. The number of nitrogens with two attached hydrogens (primary N) is 1. The van der Waals surface area contributed by atoms with Crippen LogP contribution in [0.5, 0.6) is 0 Å². The van der Waals surface area contributed by atoms with E-state index in [0.29, 0.717) is 0 Å². The Morgan fingerprint density at radius 2 is 1.85 bits per heavy atom. The molecule has 0 aliphatic rings. The second-order valence-electron chi connectivity index (χ2n) is 4.86. The number of nitrogens with zero attached hydrogens (tertiary/aromatic N) is 2. The van der Waals surface area contributed by atoms with E-state index in [4.69, 9.17) is 5.73 Å². The lowest BCUT2D eigenvalue weighted by molar-refractivity contribution is 0.845. The van der Waals surface area contributed by atoms with Gasteiger partial charge in [0.25, 0.3) is 0 Å². The van der Waals surface area contributed by atoms with Gasteiger partial charge in [-0.3, -0.25) is 9.97 Å². The van der Waals surface area contributed by atoms with Crippen LogP contribution in [0.25, 0.3) is 10.8 Å². The van der Waals surface area contributed by atoms with Gasteiger partial charge in [-0.25, -0.2) is 0 Å². The predicted molar refractivity (Wildman–Crippen MR) is 81.4 cm³/mol. The lowest BCUT2D eigenvalue weighted by atomic mass is 9.93. The number of aryl methyl sites for hydroxylation is 1. The van der Waals surface area contributed by atoms with Crippen LogP contribution >= 0.6 is 0 Å². The highest BCUT2D eigenvalue weighted by Crippen LogP contribution is 2.28. The Labute approximate surface area is 118 Å². The van der Waals surface area contributed by atoms with Crippen molar-refractivity contribution < 1.29 is 0 Å². The summed E-state index contributed by atoms with van der Waals surface area (Å²) in [4.78, 5) is 8.50. The van der Waals surface area contributed by atoms with Crippen molar-refractivity contribution in [3.8, 4) is 0 Å². The van der Waals surface area contributed by atoms with Gasteiger partial charge in [-0.05, 0) is 34.6 Å². The molecule has 2 heterocycles. The summed E-state index contributed by atoms with van der Waals surface area (Å²) in [6.07, 6.45) is 8.36. The quantitative estimate of drug-likeness (QED) is 0.789. The summed E-state index contributed by atoms with van der Waals surface area (Å²) in [5.74, 6) is 0. The number of pyridine rings is 2. The van der Waals surface area contributed by atoms with E-state index in [2.05, 4.69) is 29.0 Å². The molecule has 0 fully saturated rings. The van der Waals surface area contributed by atoms with Crippen LogP contribution in [0.4, 0.5) is 0 Å². The van der Waals surface area contributed by atoms with E-state index in [0.717, 1.165) is 28.3 Å². The summed E-state index contributed by atoms with van der Waals surface area (Å²) < 4.78 is 0. The fourth-order valence-corrected chi connectivity index (χ4v) is 2.59. The molecule has 1 aromatic carbocycles. The largest absolute Gasteiger partial charge is 0.320 e. The van der Waals surface area contributed by atoms with Crippen LogP contribution in [0.1, 0.15) is 29.7 Å². The molecule has 0 radical (unpaired) electrons. The van der Waals surface area contributed by atoms with Crippen molar-refractivity contribution in [2.75, 3.05) is 0 Å². The van der Waals surface area contributed by atoms with Crippen LogP contribution in [0.15, 0.2) is 55.1 Å². The van der Waals surface area contributed by atoms with Crippen LogP contribution < -0.4 is 5.73 Å². The molecule has 100 valence electrons. The van der Waals surface area contributed by atoms with Crippen LogP contribution in [0.3, 0.4) is 0 Å². The smallest absolute Gasteiger partial charge is 0.0576 e. The minimum atomic E-state index is -0.174. The third kappa shape index (κ3) is 2.17. The minimum absolute atomic E-state index is 0.174. The average molecular weight is 263 g/mol. The topological polar surface area (TPSA) is 51.8 Å². The molecular weight excluding hydrogens is 246 g/mol. The molecule has 3 heteroatoms. The SMILES string of the molecule is CCc1cnccc1C(N)c1cncc2ccccc12. The second kappa shape index (κ2) is 5.39. The molecule has 0 saturated heterocycles. The molecule has 3 nitrogen and oxygen atoms in total.